The Morgan fingerprint density at radius 3 is 2.36 bits per heavy atom. The minimum Gasteiger partial charge on any atom is -0.497 e. The molecule has 2 aromatic carbocycles. The van der Waals surface area contributed by atoms with E-state index in [9.17, 15) is 13.2 Å². The van der Waals surface area contributed by atoms with E-state index < -0.39 is 15.9 Å². The van der Waals surface area contributed by atoms with Gasteiger partial charge in [0.1, 0.15) is 12.3 Å². The maximum Gasteiger partial charge on any atom is 0.264 e. The Labute approximate surface area is 147 Å². The van der Waals surface area contributed by atoms with Crippen molar-refractivity contribution in [1.29, 1.82) is 0 Å². The van der Waals surface area contributed by atoms with Gasteiger partial charge in [-0.05, 0) is 36.4 Å². The molecule has 0 bridgehead atoms. The van der Waals surface area contributed by atoms with E-state index in [2.05, 4.69) is 11.9 Å². The topological polar surface area (TPSA) is 75.7 Å². The molecule has 0 aromatic heterocycles. The lowest BCUT2D eigenvalue weighted by Crippen LogP contribution is -2.40. The third-order valence-electron chi connectivity index (χ3n) is 3.42. The molecule has 1 N–H and O–H groups in total. The first kappa shape index (κ1) is 18.5. The lowest BCUT2D eigenvalue weighted by atomic mass is 10.3. The summed E-state index contributed by atoms with van der Waals surface area (Å²) in [5.41, 5.74) is 0.374. The molecule has 1 amide bonds. The molecule has 7 heteroatoms. The van der Waals surface area contributed by atoms with Crippen LogP contribution in [-0.4, -0.2) is 34.5 Å². The van der Waals surface area contributed by atoms with E-state index >= 15 is 0 Å². The van der Waals surface area contributed by atoms with Gasteiger partial charge in [0, 0.05) is 6.54 Å². The van der Waals surface area contributed by atoms with Crippen molar-refractivity contribution in [3.63, 3.8) is 0 Å². The van der Waals surface area contributed by atoms with Crippen LogP contribution in [0.2, 0.25) is 0 Å². The lowest BCUT2D eigenvalue weighted by Gasteiger charge is -2.24. The van der Waals surface area contributed by atoms with Crippen molar-refractivity contribution in [2.75, 3.05) is 24.5 Å². The van der Waals surface area contributed by atoms with Crippen LogP contribution >= 0.6 is 0 Å². The molecule has 6 nitrogen and oxygen atoms in total. The summed E-state index contributed by atoms with van der Waals surface area (Å²) < 4.78 is 32.1. The number of anilines is 1. The second kappa shape index (κ2) is 8.34. The normalized spacial score (nSPS) is 10.8. The summed E-state index contributed by atoms with van der Waals surface area (Å²) in [6.45, 7) is 3.45. The Morgan fingerprint density at radius 2 is 1.80 bits per heavy atom. The first-order valence-electron chi connectivity index (χ1n) is 7.58. The van der Waals surface area contributed by atoms with Crippen molar-refractivity contribution in [1.82, 2.24) is 5.32 Å². The molecule has 0 aliphatic carbocycles. The zero-order chi connectivity index (χ0) is 18.3. The molecule has 0 aliphatic heterocycles. The van der Waals surface area contributed by atoms with Gasteiger partial charge in [-0.1, -0.05) is 24.3 Å². The highest BCUT2D eigenvalue weighted by Gasteiger charge is 2.26. The van der Waals surface area contributed by atoms with Gasteiger partial charge in [-0.15, -0.1) is 6.58 Å². The molecular weight excluding hydrogens is 340 g/mol. The van der Waals surface area contributed by atoms with Crippen molar-refractivity contribution >= 4 is 21.6 Å². The molecule has 0 spiro atoms. The highest BCUT2D eigenvalue weighted by Crippen LogP contribution is 2.25. The van der Waals surface area contributed by atoms with Crippen molar-refractivity contribution in [3.8, 4) is 5.75 Å². The van der Waals surface area contributed by atoms with Crippen LogP contribution in [0.5, 0.6) is 5.75 Å². The average molecular weight is 360 g/mol. The molecule has 0 aliphatic rings. The van der Waals surface area contributed by atoms with Gasteiger partial charge >= 0.3 is 0 Å². The van der Waals surface area contributed by atoms with E-state index in [1.54, 1.807) is 42.5 Å². The van der Waals surface area contributed by atoms with Gasteiger partial charge in [0.25, 0.3) is 10.0 Å². The number of hydrogen-bond donors (Lipinski definition) is 1. The number of benzene rings is 2. The number of hydrogen-bond acceptors (Lipinski definition) is 4. The maximum atomic E-state index is 13.0. The molecule has 0 fully saturated rings. The van der Waals surface area contributed by atoms with Gasteiger partial charge in [-0.2, -0.15) is 0 Å². The van der Waals surface area contributed by atoms with Crippen LogP contribution in [0.15, 0.2) is 72.1 Å². The van der Waals surface area contributed by atoms with Crippen LogP contribution < -0.4 is 14.4 Å². The van der Waals surface area contributed by atoms with Gasteiger partial charge < -0.3 is 10.1 Å². The second-order valence-electron chi connectivity index (χ2n) is 5.12. The Morgan fingerprint density at radius 1 is 1.16 bits per heavy atom. The van der Waals surface area contributed by atoms with Gasteiger partial charge in [0.15, 0.2) is 0 Å². The van der Waals surface area contributed by atoms with Crippen molar-refractivity contribution < 1.29 is 17.9 Å². The number of nitrogens with zero attached hydrogens (tertiary/aromatic N) is 1. The zero-order valence-electron chi connectivity index (χ0n) is 13.9. The predicted octanol–water partition coefficient (Wildman–Crippen LogP) is 2.19. The Kier molecular flexibility index (Phi) is 6.19. The van der Waals surface area contributed by atoms with E-state index in [1.807, 2.05) is 0 Å². The minimum atomic E-state index is -3.89. The standard InChI is InChI=1S/C18H20N2O4S/c1-3-13-19-18(21)14-20(15-9-11-16(24-2)12-10-15)25(22,23)17-7-5-4-6-8-17/h3-12H,1,13-14H2,2H3,(H,19,21). The largest absolute Gasteiger partial charge is 0.497 e. The summed E-state index contributed by atoms with van der Waals surface area (Å²) in [6.07, 6.45) is 1.53. The van der Waals surface area contributed by atoms with Crippen LogP contribution in [0.1, 0.15) is 0 Å². The maximum absolute atomic E-state index is 13.0. The van der Waals surface area contributed by atoms with Crippen molar-refractivity contribution in [2.24, 2.45) is 0 Å². The Balaban J connectivity index is 2.40. The molecule has 0 unspecified atom stereocenters. The van der Waals surface area contributed by atoms with E-state index in [0.717, 1.165) is 4.31 Å². The lowest BCUT2D eigenvalue weighted by molar-refractivity contribution is -0.119. The summed E-state index contributed by atoms with van der Waals surface area (Å²) in [7, 11) is -2.36. The van der Waals surface area contributed by atoms with Crippen LogP contribution in [0.25, 0.3) is 0 Å². The molecule has 0 saturated heterocycles. The fourth-order valence-corrected chi connectivity index (χ4v) is 3.60. The number of carbonyl (C=O) groups excluding carboxylic acids is 1. The summed E-state index contributed by atoms with van der Waals surface area (Å²) in [6, 6.07) is 14.5. The second-order valence-corrected chi connectivity index (χ2v) is 6.98. The summed E-state index contributed by atoms with van der Waals surface area (Å²) in [5, 5.41) is 2.59. The summed E-state index contributed by atoms with van der Waals surface area (Å²) in [4.78, 5) is 12.2. The SMILES string of the molecule is C=CCNC(=O)CN(c1ccc(OC)cc1)S(=O)(=O)c1ccccc1. The van der Waals surface area contributed by atoms with E-state index in [-0.39, 0.29) is 18.0 Å². The van der Waals surface area contributed by atoms with Gasteiger partial charge in [0.2, 0.25) is 5.91 Å². The minimum absolute atomic E-state index is 0.113. The number of rotatable bonds is 8. The third-order valence-corrected chi connectivity index (χ3v) is 5.21. The number of ether oxygens (including phenoxy) is 1. The molecule has 132 valence electrons. The van der Waals surface area contributed by atoms with Gasteiger partial charge in [-0.3, -0.25) is 9.10 Å². The van der Waals surface area contributed by atoms with Crippen LogP contribution in [-0.2, 0) is 14.8 Å². The fourth-order valence-electron chi connectivity index (χ4n) is 2.16. The van der Waals surface area contributed by atoms with E-state index in [1.165, 1.54) is 25.3 Å². The van der Waals surface area contributed by atoms with E-state index in [4.69, 9.17) is 4.74 Å². The molecule has 0 saturated carbocycles. The fraction of sp³-hybridized carbons (Fsp3) is 0.167. The zero-order valence-corrected chi connectivity index (χ0v) is 14.7. The molecule has 25 heavy (non-hydrogen) atoms. The van der Waals surface area contributed by atoms with Gasteiger partial charge in [0.05, 0.1) is 17.7 Å². The average Bonchev–Trinajstić information content (AvgIpc) is 2.65. The number of carbonyl (C=O) groups is 1. The first-order valence-corrected chi connectivity index (χ1v) is 9.02. The van der Waals surface area contributed by atoms with Crippen LogP contribution in [0.4, 0.5) is 5.69 Å². The quantitative estimate of drug-likeness (QED) is 0.732. The molecule has 0 atom stereocenters. The first-order chi connectivity index (χ1) is 12.0. The van der Waals surface area contributed by atoms with Gasteiger partial charge in [-0.25, -0.2) is 8.42 Å². The molecule has 2 rings (SSSR count). The van der Waals surface area contributed by atoms with Crippen LogP contribution in [0.3, 0.4) is 0 Å². The monoisotopic (exact) mass is 360 g/mol. The number of nitrogens with one attached hydrogen (secondary N) is 1. The van der Waals surface area contributed by atoms with Crippen LogP contribution in [0, 0.1) is 0 Å². The number of sulfonamides is 1. The predicted molar refractivity (Wildman–Crippen MR) is 97.2 cm³/mol. The smallest absolute Gasteiger partial charge is 0.264 e. The highest BCUT2D eigenvalue weighted by molar-refractivity contribution is 7.92. The third kappa shape index (κ3) is 4.60. The van der Waals surface area contributed by atoms with Crippen molar-refractivity contribution in [3.05, 3.63) is 67.3 Å². The molecule has 0 heterocycles. The molecule has 2 aromatic rings. The number of methoxy groups -OCH3 is 1. The Bertz CT molecular complexity index is 818. The highest BCUT2D eigenvalue weighted by atomic mass is 32.2. The van der Waals surface area contributed by atoms with Crippen molar-refractivity contribution in [2.45, 2.75) is 4.90 Å². The summed E-state index contributed by atoms with van der Waals surface area (Å²) in [5.74, 6) is 0.173. The van der Waals surface area contributed by atoms with E-state index in [0.29, 0.717) is 11.4 Å². The number of amides is 1. The molecular formula is C18H20N2O4S. The molecule has 0 radical (unpaired) electrons. The Hall–Kier alpha value is -2.80. The summed E-state index contributed by atoms with van der Waals surface area (Å²) >= 11 is 0.